The lowest BCUT2D eigenvalue weighted by Crippen LogP contribution is -2.03. The highest BCUT2D eigenvalue weighted by Gasteiger charge is 2.16. The van der Waals surface area contributed by atoms with E-state index in [0.29, 0.717) is 10.8 Å². The van der Waals surface area contributed by atoms with Gasteiger partial charge in [0.2, 0.25) is 11.9 Å². The second-order valence-corrected chi connectivity index (χ2v) is 6.46. The first kappa shape index (κ1) is 18.2. The molecule has 0 aliphatic rings. The maximum absolute atomic E-state index is 13.5. The van der Waals surface area contributed by atoms with E-state index in [4.69, 9.17) is 0 Å². The number of thiol groups is 2. The first-order valence-electron chi connectivity index (χ1n) is 7.59. The average Bonchev–Trinajstić information content (AvgIpc) is 3.28. The summed E-state index contributed by atoms with van der Waals surface area (Å²) in [6, 6.07) is 0. The van der Waals surface area contributed by atoms with Gasteiger partial charge in [-0.3, -0.25) is 0 Å². The molecular weight excluding hydrogens is 412 g/mol. The first-order valence-corrected chi connectivity index (χ1v) is 8.48. The molecule has 0 aliphatic heterocycles. The SMILES string of the molecule is Oc1c(F)[nH]c(/N=c2\ncnc(Nc3[nH]c(F)c(O)c3S)c3c[nH]cc23)c1S. The lowest BCUT2D eigenvalue weighted by Gasteiger charge is -2.02. The van der Waals surface area contributed by atoms with Crippen molar-refractivity contribution in [3.05, 3.63) is 36.1 Å². The zero-order chi connectivity index (χ0) is 20.0. The Morgan fingerprint density at radius 1 is 0.964 bits per heavy atom. The molecule has 4 rings (SSSR count). The maximum atomic E-state index is 13.5. The van der Waals surface area contributed by atoms with Crippen LogP contribution in [-0.4, -0.2) is 35.1 Å². The molecule has 0 bridgehead atoms. The summed E-state index contributed by atoms with van der Waals surface area (Å²) in [7, 11) is 0. The van der Waals surface area contributed by atoms with Gasteiger partial charge in [0.05, 0.1) is 9.79 Å². The smallest absolute Gasteiger partial charge is 0.236 e. The fraction of sp³-hybridized carbons (Fsp3) is 0. The molecule has 0 aromatic carbocycles. The number of fused-ring (bicyclic) bond motifs is 1. The Balaban J connectivity index is 1.88. The number of aromatic nitrogens is 5. The number of hydrogen-bond acceptors (Lipinski definition) is 8. The van der Waals surface area contributed by atoms with Crippen LogP contribution in [0.5, 0.6) is 11.5 Å². The number of halogens is 2. The fourth-order valence-electron chi connectivity index (χ4n) is 2.50. The molecule has 0 saturated carbocycles. The highest BCUT2D eigenvalue weighted by atomic mass is 32.1. The third-order valence-electron chi connectivity index (χ3n) is 3.86. The molecule has 6 N–H and O–H groups in total. The highest BCUT2D eigenvalue weighted by molar-refractivity contribution is 7.80. The van der Waals surface area contributed by atoms with E-state index in [-0.39, 0.29) is 32.7 Å². The summed E-state index contributed by atoms with van der Waals surface area (Å²) in [6.07, 6.45) is 4.37. The van der Waals surface area contributed by atoms with E-state index in [1.165, 1.54) is 6.33 Å². The number of aromatic amines is 3. The normalized spacial score (nSPS) is 12.1. The zero-order valence-corrected chi connectivity index (χ0v) is 15.4. The van der Waals surface area contributed by atoms with Crippen LogP contribution in [0.3, 0.4) is 0 Å². The minimum absolute atomic E-state index is 0.0237. The largest absolute Gasteiger partial charge is 0.503 e. The predicted octanol–water partition coefficient (Wildman–Crippen LogP) is 2.86. The number of aromatic hydroxyl groups is 2. The lowest BCUT2D eigenvalue weighted by molar-refractivity contribution is 0.418. The molecule has 0 spiro atoms. The summed E-state index contributed by atoms with van der Waals surface area (Å²) in [5.74, 6) is -2.86. The number of nitrogens with one attached hydrogen (secondary N) is 4. The minimum atomic E-state index is -0.968. The van der Waals surface area contributed by atoms with Crippen LogP contribution < -0.4 is 10.8 Å². The summed E-state index contributed by atoms with van der Waals surface area (Å²) in [5.41, 5.74) is 0.153. The molecule has 0 fully saturated rings. The molecule has 9 nitrogen and oxygen atoms in total. The van der Waals surface area contributed by atoms with Crippen LogP contribution in [0, 0.1) is 11.9 Å². The average molecular weight is 423 g/mol. The van der Waals surface area contributed by atoms with E-state index in [2.05, 4.69) is 60.5 Å². The Bertz CT molecular complexity index is 1280. The van der Waals surface area contributed by atoms with Crippen LogP contribution in [-0.2, 0) is 0 Å². The molecule has 4 aromatic rings. The number of nitrogens with zero attached hydrogens (tertiary/aromatic N) is 3. The summed E-state index contributed by atoms with van der Waals surface area (Å²) in [4.78, 5) is 19.8. The van der Waals surface area contributed by atoms with Crippen LogP contribution in [0.15, 0.2) is 33.5 Å². The monoisotopic (exact) mass is 423 g/mol. The molecule has 0 amide bonds. The number of H-pyrrole nitrogens is 3. The summed E-state index contributed by atoms with van der Waals surface area (Å²) in [6.45, 7) is 0. The fourth-order valence-corrected chi connectivity index (χ4v) is 2.91. The minimum Gasteiger partial charge on any atom is -0.503 e. The summed E-state index contributed by atoms with van der Waals surface area (Å²) >= 11 is 8.06. The molecular formula is C15H11F2N7O2S2. The topological polar surface area (TPSA) is 138 Å². The Hall–Kier alpha value is -3.19. The van der Waals surface area contributed by atoms with E-state index in [1.54, 1.807) is 12.4 Å². The number of hydrogen-bond donors (Lipinski definition) is 8. The van der Waals surface area contributed by atoms with E-state index in [0.717, 1.165) is 0 Å². The van der Waals surface area contributed by atoms with Crippen molar-refractivity contribution in [2.45, 2.75) is 9.79 Å². The van der Waals surface area contributed by atoms with Crippen molar-refractivity contribution in [3.8, 4) is 11.5 Å². The van der Waals surface area contributed by atoms with Gasteiger partial charge >= 0.3 is 0 Å². The first-order chi connectivity index (χ1) is 13.4. The van der Waals surface area contributed by atoms with E-state index < -0.39 is 23.4 Å². The molecule has 0 radical (unpaired) electrons. The van der Waals surface area contributed by atoms with Crippen molar-refractivity contribution < 1.29 is 19.0 Å². The number of rotatable bonds is 3. The Labute approximate surface area is 165 Å². The molecule has 28 heavy (non-hydrogen) atoms. The van der Waals surface area contributed by atoms with Crippen molar-refractivity contribution in [1.82, 2.24) is 24.9 Å². The van der Waals surface area contributed by atoms with Crippen LogP contribution >= 0.6 is 25.3 Å². The molecule has 0 atom stereocenters. The summed E-state index contributed by atoms with van der Waals surface area (Å²) < 4.78 is 27.0. The van der Waals surface area contributed by atoms with E-state index in [1.807, 2.05) is 0 Å². The molecule has 4 aromatic heterocycles. The molecule has 0 unspecified atom stereocenters. The maximum Gasteiger partial charge on any atom is 0.236 e. The van der Waals surface area contributed by atoms with Gasteiger partial charge in [0.25, 0.3) is 0 Å². The van der Waals surface area contributed by atoms with Crippen LogP contribution in [0.25, 0.3) is 10.8 Å². The van der Waals surface area contributed by atoms with Gasteiger partial charge in [-0.1, -0.05) is 0 Å². The van der Waals surface area contributed by atoms with Crippen LogP contribution in [0.4, 0.5) is 26.2 Å². The molecule has 144 valence electrons. The van der Waals surface area contributed by atoms with Crippen LogP contribution in [0.2, 0.25) is 0 Å². The lowest BCUT2D eigenvalue weighted by atomic mass is 10.3. The quantitative estimate of drug-likeness (QED) is 0.240. The predicted molar refractivity (Wildman–Crippen MR) is 102 cm³/mol. The van der Waals surface area contributed by atoms with Gasteiger partial charge < -0.3 is 30.5 Å². The van der Waals surface area contributed by atoms with E-state index >= 15 is 0 Å². The molecule has 0 saturated heterocycles. The standard InChI is InChI=1S/C15H11F2N7O2S2/c16-10-6(25)8(27)14(21-10)23-12-4-1-18-2-5(4)13(20-3-19-12)24-15-9(28)7(26)11(17)22-15/h1-3,18,21-22,25-28H,(H,19,20,23,24). The van der Waals surface area contributed by atoms with Crippen LogP contribution in [0.1, 0.15) is 0 Å². The van der Waals surface area contributed by atoms with Gasteiger partial charge in [-0.15, -0.1) is 25.3 Å². The number of anilines is 2. The second kappa shape index (κ2) is 6.76. The second-order valence-electron chi connectivity index (χ2n) is 5.56. The Kier molecular flexibility index (Phi) is 4.39. The van der Waals surface area contributed by atoms with Crippen molar-refractivity contribution in [2.75, 3.05) is 5.32 Å². The molecule has 13 heteroatoms. The van der Waals surface area contributed by atoms with Crippen molar-refractivity contribution >= 4 is 53.5 Å². The summed E-state index contributed by atoms with van der Waals surface area (Å²) in [5, 5.41) is 22.9. The third-order valence-corrected chi connectivity index (χ3v) is 4.72. The van der Waals surface area contributed by atoms with Gasteiger partial charge in [-0.2, -0.15) is 8.78 Å². The van der Waals surface area contributed by atoms with Gasteiger partial charge in [0, 0.05) is 23.2 Å². The molecule has 0 aliphatic carbocycles. The van der Waals surface area contributed by atoms with Crippen molar-refractivity contribution in [1.29, 1.82) is 0 Å². The Morgan fingerprint density at radius 2 is 1.64 bits per heavy atom. The van der Waals surface area contributed by atoms with Gasteiger partial charge in [0.1, 0.15) is 18.0 Å². The van der Waals surface area contributed by atoms with E-state index in [9.17, 15) is 19.0 Å². The highest BCUT2D eigenvalue weighted by Crippen LogP contribution is 2.35. The van der Waals surface area contributed by atoms with Gasteiger partial charge in [-0.05, 0) is 0 Å². The third kappa shape index (κ3) is 2.93. The van der Waals surface area contributed by atoms with Gasteiger partial charge in [0.15, 0.2) is 22.8 Å². The van der Waals surface area contributed by atoms with Gasteiger partial charge in [-0.25, -0.2) is 15.0 Å². The molecule has 4 heterocycles. The Morgan fingerprint density at radius 3 is 2.29 bits per heavy atom. The van der Waals surface area contributed by atoms with Crippen molar-refractivity contribution in [2.24, 2.45) is 4.99 Å². The van der Waals surface area contributed by atoms with Crippen molar-refractivity contribution in [3.63, 3.8) is 0 Å². The zero-order valence-electron chi connectivity index (χ0n) is 13.6.